The van der Waals surface area contributed by atoms with Gasteiger partial charge in [-0.15, -0.1) is 0 Å². The number of nitro groups is 1. The number of rotatable bonds is 6. The first-order valence-corrected chi connectivity index (χ1v) is 6.67. The van der Waals surface area contributed by atoms with E-state index < -0.39 is 16.9 Å². The van der Waals surface area contributed by atoms with Crippen LogP contribution in [0.15, 0.2) is 22.7 Å². The Morgan fingerprint density at radius 1 is 1.58 bits per heavy atom. The van der Waals surface area contributed by atoms with Crippen LogP contribution >= 0.6 is 15.9 Å². The number of halogens is 1. The molecule has 0 aliphatic heterocycles. The maximum atomic E-state index is 11.1. The molecule has 0 aromatic heterocycles. The lowest BCUT2D eigenvalue weighted by Gasteiger charge is -2.14. The van der Waals surface area contributed by atoms with Gasteiger partial charge in [0.15, 0.2) is 0 Å². The zero-order valence-corrected chi connectivity index (χ0v) is 11.6. The predicted molar refractivity (Wildman–Crippen MR) is 71.8 cm³/mol. The van der Waals surface area contributed by atoms with Gasteiger partial charge in [-0.05, 0) is 30.4 Å². The molecule has 0 spiro atoms. The monoisotopic (exact) mass is 328 g/mol. The number of nitrogens with zero attached hydrogens (tertiary/aromatic N) is 1. The van der Waals surface area contributed by atoms with E-state index in [9.17, 15) is 14.9 Å². The van der Waals surface area contributed by atoms with E-state index in [1.165, 1.54) is 12.1 Å². The number of carboxylic acid groups (broad SMARTS) is 1. The summed E-state index contributed by atoms with van der Waals surface area (Å²) in [7, 11) is 0. The number of nitrogens with one attached hydrogen (secondary N) is 1. The largest absolute Gasteiger partial charge is 0.480 e. The van der Waals surface area contributed by atoms with Gasteiger partial charge >= 0.3 is 5.97 Å². The van der Waals surface area contributed by atoms with Gasteiger partial charge in [0.05, 0.1) is 4.92 Å². The van der Waals surface area contributed by atoms with Crippen LogP contribution in [0.5, 0.6) is 0 Å². The van der Waals surface area contributed by atoms with Crippen LogP contribution in [0, 0.1) is 16.0 Å². The van der Waals surface area contributed by atoms with Crippen molar-refractivity contribution in [1.82, 2.24) is 5.32 Å². The molecule has 2 rings (SSSR count). The van der Waals surface area contributed by atoms with E-state index in [2.05, 4.69) is 21.2 Å². The third-order valence-electron chi connectivity index (χ3n) is 3.12. The van der Waals surface area contributed by atoms with Crippen LogP contribution in [-0.4, -0.2) is 22.0 Å². The summed E-state index contributed by atoms with van der Waals surface area (Å²) in [5.41, 5.74) is 0.810. The maximum Gasteiger partial charge on any atom is 0.320 e. The average Bonchev–Trinajstić information content (AvgIpc) is 3.15. The van der Waals surface area contributed by atoms with Crippen molar-refractivity contribution in [2.75, 3.05) is 0 Å². The zero-order valence-electron chi connectivity index (χ0n) is 10.0. The number of carbonyl (C=O) groups is 1. The Hall–Kier alpha value is -1.47. The Bertz CT molecular complexity index is 516. The molecule has 1 aromatic rings. The molecular weight excluding hydrogens is 316 g/mol. The molecule has 1 aliphatic carbocycles. The van der Waals surface area contributed by atoms with Crippen LogP contribution in [0.1, 0.15) is 18.4 Å². The fourth-order valence-corrected chi connectivity index (χ4v) is 2.41. The first-order valence-electron chi connectivity index (χ1n) is 5.88. The average molecular weight is 329 g/mol. The van der Waals surface area contributed by atoms with E-state index in [1.807, 2.05) is 0 Å². The summed E-state index contributed by atoms with van der Waals surface area (Å²) in [6.45, 7) is 0.367. The van der Waals surface area contributed by atoms with Crippen molar-refractivity contribution < 1.29 is 14.8 Å². The minimum absolute atomic E-state index is 0.00704. The topological polar surface area (TPSA) is 92.5 Å². The van der Waals surface area contributed by atoms with Crippen LogP contribution in [0.25, 0.3) is 0 Å². The van der Waals surface area contributed by atoms with Gasteiger partial charge in [0.25, 0.3) is 5.69 Å². The van der Waals surface area contributed by atoms with Crippen LogP contribution in [0.4, 0.5) is 5.69 Å². The number of hydrogen-bond donors (Lipinski definition) is 2. The van der Waals surface area contributed by atoms with Gasteiger partial charge in [-0.3, -0.25) is 14.9 Å². The maximum absolute atomic E-state index is 11.1. The zero-order chi connectivity index (χ0) is 14.0. The SMILES string of the molecule is O=C(O)C(NCc1ccc([N+](=O)[O-])cc1Br)C1CC1. The van der Waals surface area contributed by atoms with E-state index in [0.717, 1.165) is 18.4 Å². The molecule has 6 nitrogen and oxygen atoms in total. The number of non-ortho nitro benzene ring substituents is 1. The summed E-state index contributed by atoms with van der Waals surface area (Å²) in [5.74, 6) is -0.644. The lowest BCUT2D eigenvalue weighted by molar-refractivity contribution is -0.384. The number of nitro benzene ring substituents is 1. The second-order valence-corrected chi connectivity index (χ2v) is 5.42. The molecule has 0 radical (unpaired) electrons. The van der Waals surface area contributed by atoms with Crippen molar-refractivity contribution in [3.8, 4) is 0 Å². The van der Waals surface area contributed by atoms with Crippen molar-refractivity contribution >= 4 is 27.6 Å². The Balaban J connectivity index is 2.02. The Morgan fingerprint density at radius 3 is 2.74 bits per heavy atom. The molecule has 1 saturated carbocycles. The third kappa shape index (κ3) is 3.51. The molecule has 1 aliphatic rings. The second-order valence-electron chi connectivity index (χ2n) is 4.57. The van der Waals surface area contributed by atoms with Crippen molar-refractivity contribution in [3.63, 3.8) is 0 Å². The fraction of sp³-hybridized carbons (Fsp3) is 0.417. The van der Waals surface area contributed by atoms with Gasteiger partial charge in [-0.2, -0.15) is 0 Å². The number of benzene rings is 1. The number of aliphatic carboxylic acids is 1. The normalized spacial score (nSPS) is 16.1. The molecule has 7 heteroatoms. The van der Waals surface area contributed by atoms with Crippen molar-refractivity contribution in [2.45, 2.75) is 25.4 Å². The molecule has 1 aromatic carbocycles. The van der Waals surface area contributed by atoms with Gasteiger partial charge in [0, 0.05) is 23.2 Å². The van der Waals surface area contributed by atoms with Gasteiger partial charge in [-0.25, -0.2) is 0 Å². The molecular formula is C12H13BrN2O4. The molecule has 0 heterocycles. The summed E-state index contributed by atoms with van der Waals surface area (Å²) in [5, 5.41) is 22.7. The van der Waals surface area contributed by atoms with Crippen molar-refractivity contribution in [3.05, 3.63) is 38.3 Å². The van der Waals surface area contributed by atoms with Gasteiger partial charge in [0.1, 0.15) is 6.04 Å². The Kier molecular flexibility index (Phi) is 4.16. The molecule has 102 valence electrons. The van der Waals surface area contributed by atoms with Gasteiger partial charge in [0.2, 0.25) is 0 Å². The lowest BCUT2D eigenvalue weighted by atomic mass is 10.1. The minimum atomic E-state index is -0.847. The summed E-state index contributed by atoms with van der Waals surface area (Å²) in [6.07, 6.45) is 1.87. The lowest BCUT2D eigenvalue weighted by Crippen LogP contribution is -2.38. The minimum Gasteiger partial charge on any atom is -0.480 e. The summed E-state index contributed by atoms with van der Waals surface area (Å²) >= 11 is 3.26. The highest BCUT2D eigenvalue weighted by Gasteiger charge is 2.35. The van der Waals surface area contributed by atoms with Crippen LogP contribution in [0.3, 0.4) is 0 Å². The molecule has 1 unspecified atom stereocenters. The van der Waals surface area contributed by atoms with Crippen LogP contribution < -0.4 is 5.32 Å². The Labute approximate surface area is 118 Å². The standard InChI is InChI=1S/C12H13BrN2O4/c13-10-5-9(15(18)19)4-3-8(10)6-14-11(12(16)17)7-1-2-7/h3-5,7,11,14H,1-2,6H2,(H,16,17). The number of hydrogen-bond acceptors (Lipinski definition) is 4. The van der Waals surface area contributed by atoms with Gasteiger partial charge in [-0.1, -0.05) is 15.9 Å². The van der Waals surface area contributed by atoms with E-state index in [1.54, 1.807) is 6.07 Å². The first kappa shape index (κ1) is 14.0. The van der Waals surface area contributed by atoms with E-state index >= 15 is 0 Å². The molecule has 1 atom stereocenters. The molecule has 0 bridgehead atoms. The Morgan fingerprint density at radius 2 is 2.26 bits per heavy atom. The summed E-state index contributed by atoms with van der Waals surface area (Å²) < 4.78 is 0.606. The molecule has 0 saturated heterocycles. The van der Waals surface area contributed by atoms with Crippen LogP contribution in [0.2, 0.25) is 0 Å². The number of carboxylic acids is 1. The highest BCUT2D eigenvalue weighted by atomic mass is 79.9. The van der Waals surface area contributed by atoms with Crippen LogP contribution in [-0.2, 0) is 11.3 Å². The molecule has 1 fully saturated rings. The molecule has 0 amide bonds. The molecule has 2 N–H and O–H groups in total. The van der Waals surface area contributed by atoms with Crippen molar-refractivity contribution in [1.29, 1.82) is 0 Å². The van der Waals surface area contributed by atoms with Crippen molar-refractivity contribution in [2.24, 2.45) is 5.92 Å². The van der Waals surface area contributed by atoms with E-state index in [-0.39, 0.29) is 11.6 Å². The van der Waals surface area contributed by atoms with E-state index in [4.69, 9.17) is 5.11 Å². The van der Waals surface area contributed by atoms with E-state index in [0.29, 0.717) is 11.0 Å². The predicted octanol–water partition coefficient (Wildman–Crippen LogP) is 2.31. The first-order chi connectivity index (χ1) is 8.99. The fourth-order valence-electron chi connectivity index (χ4n) is 1.90. The smallest absolute Gasteiger partial charge is 0.320 e. The highest BCUT2D eigenvalue weighted by Crippen LogP contribution is 2.33. The molecule has 19 heavy (non-hydrogen) atoms. The quantitative estimate of drug-likeness (QED) is 0.617. The second kappa shape index (κ2) is 5.66. The summed E-state index contributed by atoms with van der Waals surface area (Å²) in [6, 6.07) is 3.92. The third-order valence-corrected chi connectivity index (χ3v) is 3.86. The summed E-state index contributed by atoms with van der Waals surface area (Å²) in [4.78, 5) is 21.2. The highest BCUT2D eigenvalue weighted by molar-refractivity contribution is 9.10. The van der Waals surface area contributed by atoms with Gasteiger partial charge < -0.3 is 10.4 Å².